The SMILES string of the molecule is O=CC1CC/C(=C/C2CCCCC2)C1. The Labute approximate surface area is 86.6 Å². The summed E-state index contributed by atoms with van der Waals surface area (Å²) in [5.74, 6) is 1.17. The van der Waals surface area contributed by atoms with E-state index in [1.54, 1.807) is 5.57 Å². The molecule has 2 fully saturated rings. The first-order valence-electron chi connectivity index (χ1n) is 6.03. The van der Waals surface area contributed by atoms with Gasteiger partial charge in [-0.25, -0.2) is 0 Å². The van der Waals surface area contributed by atoms with E-state index >= 15 is 0 Å². The summed E-state index contributed by atoms with van der Waals surface area (Å²) in [7, 11) is 0. The highest BCUT2D eigenvalue weighted by Crippen LogP contribution is 2.33. The van der Waals surface area contributed by atoms with Gasteiger partial charge in [-0.1, -0.05) is 30.9 Å². The van der Waals surface area contributed by atoms with Crippen LogP contribution in [0.15, 0.2) is 11.6 Å². The summed E-state index contributed by atoms with van der Waals surface area (Å²) in [5, 5.41) is 0. The molecule has 0 heterocycles. The molecular weight excluding hydrogens is 172 g/mol. The lowest BCUT2D eigenvalue weighted by atomic mass is 9.87. The van der Waals surface area contributed by atoms with Crippen molar-refractivity contribution in [2.24, 2.45) is 11.8 Å². The Kier molecular flexibility index (Phi) is 3.39. The first kappa shape index (κ1) is 9.95. The molecule has 2 aliphatic rings. The fourth-order valence-electron chi connectivity index (χ4n) is 2.81. The van der Waals surface area contributed by atoms with Crippen molar-refractivity contribution in [3.63, 3.8) is 0 Å². The molecule has 0 aromatic heterocycles. The van der Waals surface area contributed by atoms with Crippen molar-refractivity contribution in [1.82, 2.24) is 0 Å². The van der Waals surface area contributed by atoms with Gasteiger partial charge in [0.05, 0.1) is 0 Å². The molecule has 1 unspecified atom stereocenters. The van der Waals surface area contributed by atoms with E-state index in [0.29, 0.717) is 5.92 Å². The lowest BCUT2D eigenvalue weighted by Gasteiger charge is -2.18. The van der Waals surface area contributed by atoms with E-state index in [4.69, 9.17) is 0 Å². The second kappa shape index (κ2) is 4.77. The first-order valence-corrected chi connectivity index (χ1v) is 6.03. The number of carbonyl (C=O) groups is 1. The fraction of sp³-hybridized carbons (Fsp3) is 0.769. The highest BCUT2D eigenvalue weighted by atomic mass is 16.1. The van der Waals surface area contributed by atoms with E-state index in [2.05, 4.69) is 6.08 Å². The molecule has 0 spiro atoms. The van der Waals surface area contributed by atoms with Crippen molar-refractivity contribution in [2.75, 3.05) is 0 Å². The van der Waals surface area contributed by atoms with Crippen LogP contribution in [0.4, 0.5) is 0 Å². The van der Waals surface area contributed by atoms with E-state index < -0.39 is 0 Å². The molecule has 2 rings (SSSR count). The van der Waals surface area contributed by atoms with Gasteiger partial charge in [0.25, 0.3) is 0 Å². The quantitative estimate of drug-likeness (QED) is 0.483. The van der Waals surface area contributed by atoms with Crippen molar-refractivity contribution >= 4 is 6.29 Å². The molecule has 0 aromatic rings. The second-order valence-corrected chi connectivity index (χ2v) is 4.86. The summed E-state index contributed by atoms with van der Waals surface area (Å²) in [6.45, 7) is 0. The Hall–Kier alpha value is -0.590. The number of allylic oxidation sites excluding steroid dienone is 2. The highest BCUT2D eigenvalue weighted by molar-refractivity contribution is 5.55. The third kappa shape index (κ3) is 2.46. The summed E-state index contributed by atoms with van der Waals surface area (Å²) in [4.78, 5) is 10.6. The van der Waals surface area contributed by atoms with Gasteiger partial charge < -0.3 is 4.79 Å². The molecule has 0 saturated heterocycles. The second-order valence-electron chi connectivity index (χ2n) is 4.86. The normalized spacial score (nSPS) is 32.3. The van der Waals surface area contributed by atoms with E-state index in [-0.39, 0.29) is 0 Å². The number of hydrogen-bond donors (Lipinski definition) is 0. The van der Waals surface area contributed by atoms with Crippen molar-refractivity contribution in [1.29, 1.82) is 0 Å². The van der Waals surface area contributed by atoms with Crippen LogP contribution in [0.3, 0.4) is 0 Å². The third-order valence-corrected chi connectivity index (χ3v) is 3.67. The van der Waals surface area contributed by atoms with Crippen LogP contribution in [0, 0.1) is 11.8 Å². The lowest BCUT2D eigenvalue weighted by molar-refractivity contribution is -0.110. The van der Waals surface area contributed by atoms with Crippen LogP contribution in [-0.2, 0) is 4.79 Å². The Morgan fingerprint density at radius 1 is 1.00 bits per heavy atom. The number of aldehydes is 1. The summed E-state index contributed by atoms with van der Waals surface area (Å²) in [6.07, 6.45) is 14.0. The minimum absolute atomic E-state index is 0.338. The molecule has 78 valence electrons. The van der Waals surface area contributed by atoms with Crippen LogP contribution in [-0.4, -0.2) is 6.29 Å². The van der Waals surface area contributed by atoms with Gasteiger partial charge in [-0.15, -0.1) is 0 Å². The maximum absolute atomic E-state index is 10.6. The molecule has 0 aliphatic heterocycles. The highest BCUT2D eigenvalue weighted by Gasteiger charge is 2.20. The van der Waals surface area contributed by atoms with E-state index in [1.807, 2.05) is 0 Å². The first-order chi connectivity index (χ1) is 6.88. The topological polar surface area (TPSA) is 17.1 Å². The fourth-order valence-corrected chi connectivity index (χ4v) is 2.81. The van der Waals surface area contributed by atoms with Gasteiger partial charge in [0, 0.05) is 5.92 Å². The van der Waals surface area contributed by atoms with Gasteiger partial charge in [0.2, 0.25) is 0 Å². The average Bonchev–Trinajstić information content (AvgIpc) is 2.67. The monoisotopic (exact) mass is 192 g/mol. The number of hydrogen-bond acceptors (Lipinski definition) is 1. The zero-order valence-corrected chi connectivity index (χ0v) is 8.87. The van der Waals surface area contributed by atoms with Crippen LogP contribution in [0.1, 0.15) is 51.4 Å². The molecular formula is C13H20O. The summed E-state index contributed by atoms with van der Waals surface area (Å²) >= 11 is 0. The predicted octanol–water partition coefficient (Wildman–Crippen LogP) is 3.49. The van der Waals surface area contributed by atoms with E-state index in [1.165, 1.54) is 38.5 Å². The van der Waals surface area contributed by atoms with Crippen molar-refractivity contribution in [3.8, 4) is 0 Å². The van der Waals surface area contributed by atoms with Gasteiger partial charge in [-0.05, 0) is 38.0 Å². The van der Waals surface area contributed by atoms with Crippen molar-refractivity contribution < 1.29 is 4.79 Å². The number of rotatable bonds is 2. The summed E-state index contributed by atoms with van der Waals surface area (Å²) < 4.78 is 0. The largest absolute Gasteiger partial charge is 0.303 e. The number of carbonyl (C=O) groups excluding carboxylic acids is 1. The van der Waals surface area contributed by atoms with E-state index in [9.17, 15) is 4.79 Å². The lowest BCUT2D eigenvalue weighted by Crippen LogP contribution is -2.03. The van der Waals surface area contributed by atoms with Gasteiger partial charge in [-0.2, -0.15) is 0 Å². The third-order valence-electron chi connectivity index (χ3n) is 3.67. The zero-order chi connectivity index (χ0) is 9.80. The van der Waals surface area contributed by atoms with Crippen LogP contribution in [0.5, 0.6) is 0 Å². The zero-order valence-electron chi connectivity index (χ0n) is 8.87. The summed E-state index contributed by atoms with van der Waals surface area (Å²) in [6, 6.07) is 0. The summed E-state index contributed by atoms with van der Waals surface area (Å²) in [5.41, 5.74) is 1.56. The molecule has 1 nitrogen and oxygen atoms in total. The van der Waals surface area contributed by atoms with Gasteiger partial charge in [0.15, 0.2) is 0 Å². The molecule has 0 N–H and O–H groups in total. The molecule has 0 aromatic carbocycles. The van der Waals surface area contributed by atoms with Crippen molar-refractivity contribution in [2.45, 2.75) is 51.4 Å². The van der Waals surface area contributed by atoms with E-state index in [0.717, 1.165) is 25.0 Å². The molecule has 14 heavy (non-hydrogen) atoms. The Morgan fingerprint density at radius 2 is 1.79 bits per heavy atom. The molecule has 2 saturated carbocycles. The maximum atomic E-state index is 10.6. The van der Waals surface area contributed by atoms with Gasteiger partial charge in [-0.3, -0.25) is 0 Å². The molecule has 1 atom stereocenters. The van der Waals surface area contributed by atoms with Gasteiger partial charge in [0.1, 0.15) is 6.29 Å². The van der Waals surface area contributed by atoms with Gasteiger partial charge >= 0.3 is 0 Å². The van der Waals surface area contributed by atoms with Crippen LogP contribution in [0.25, 0.3) is 0 Å². The van der Waals surface area contributed by atoms with Crippen LogP contribution in [0.2, 0.25) is 0 Å². The van der Waals surface area contributed by atoms with Crippen LogP contribution < -0.4 is 0 Å². The molecule has 0 radical (unpaired) electrons. The molecule has 0 amide bonds. The minimum atomic E-state index is 0.338. The predicted molar refractivity (Wildman–Crippen MR) is 58.1 cm³/mol. The smallest absolute Gasteiger partial charge is 0.123 e. The standard InChI is InChI=1S/C13H20O/c14-10-13-7-6-12(9-13)8-11-4-2-1-3-5-11/h8,10-11,13H,1-7,9H2/b12-8-. The maximum Gasteiger partial charge on any atom is 0.123 e. The Morgan fingerprint density at radius 3 is 2.43 bits per heavy atom. The Bertz CT molecular complexity index is 223. The molecule has 0 bridgehead atoms. The van der Waals surface area contributed by atoms with Crippen LogP contribution >= 0.6 is 0 Å². The molecule has 1 heteroatoms. The average molecular weight is 192 g/mol. The molecule has 2 aliphatic carbocycles. The van der Waals surface area contributed by atoms with Crippen molar-refractivity contribution in [3.05, 3.63) is 11.6 Å². The minimum Gasteiger partial charge on any atom is -0.303 e. The Balaban J connectivity index is 1.87.